The fraction of sp³-hybridized carbons (Fsp3) is 0.353. The number of hydrogen-bond acceptors (Lipinski definition) is 4. The molecule has 0 aliphatic carbocycles. The van der Waals surface area contributed by atoms with Gasteiger partial charge in [0, 0.05) is 36.5 Å². The van der Waals surface area contributed by atoms with Crippen LogP contribution in [0, 0.1) is 0 Å². The van der Waals surface area contributed by atoms with Crippen molar-refractivity contribution in [1.29, 1.82) is 0 Å². The van der Waals surface area contributed by atoms with E-state index in [0.29, 0.717) is 24.6 Å². The highest BCUT2D eigenvalue weighted by atomic mass is 35.5. The molecule has 1 aliphatic rings. The fourth-order valence-electron chi connectivity index (χ4n) is 2.69. The Morgan fingerprint density at radius 2 is 2.04 bits per heavy atom. The maximum Gasteiger partial charge on any atom is 0.257 e. The van der Waals surface area contributed by atoms with Crippen molar-refractivity contribution in [3.05, 3.63) is 52.3 Å². The molecule has 5 nitrogen and oxygen atoms in total. The van der Waals surface area contributed by atoms with Crippen molar-refractivity contribution < 1.29 is 4.79 Å². The second-order valence-electron chi connectivity index (χ2n) is 5.95. The Balaban J connectivity index is 1.74. The Morgan fingerprint density at radius 3 is 2.74 bits per heavy atom. The first-order chi connectivity index (χ1) is 11.0. The molecule has 6 heteroatoms. The van der Waals surface area contributed by atoms with Crippen LogP contribution in [0.5, 0.6) is 0 Å². The molecule has 1 aromatic heterocycles. The Labute approximate surface area is 140 Å². The van der Waals surface area contributed by atoms with Gasteiger partial charge in [-0.1, -0.05) is 23.7 Å². The number of hydrogen-bond donors (Lipinski definition) is 1. The summed E-state index contributed by atoms with van der Waals surface area (Å²) >= 11 is 6.21. The highest BCUT2D eigenvalue weighted by molar-refractivity contribution is 6.31. The molecule has 1 amide bonds. The number of fused-ring (bicyclic) bond motifs is 1. The van der Waals surface area contributed by atoms with Crippen molar-refractivity contribution in [2.75, 3.05) is 11.9 Å². The minimum atomic E-state index is -0.0493. The van der Waals surface area contributed by atoms with E-state index in [1.807, 2.05) is 36.9 Å². The van der Waals surface area contributed by atoms with Gasteiger partial charge >= 0.3 is 0 Å². The van der Waals surface area contributed by atoms with Gasteiger partial charge in [-0.25, -0.2) is 9.97 Å². The third-order valence-corrected chi connectivity index (χ3v) is 4.17. The Hall–Kier alpha value is -2.14. The molecule has 0 saturated carbocycles. The summed E-state index contributed by atoms with van der Waals surface area (Å²) in [5.41, 5.74) is 2.76. The van der Waals surface area contributed by atoms with E-state index < -0.39 is 0 Å². The summed E-state index contributed by atoms with van der Waals surface area (Å²) in [5.74, 6) is 0.485. The van der Waals surface area contributed by atoms with Gasteiger partial charge in [-0.2, -0.15) is 0 Å². The average molecular weight is 331 g/mol. The van der Waals surface area contributed by atoms with Crippen LogP contribution in [0.15, 0.2) is 30.6 Å². The van der Waals surface area contributed by atoms with Gasteiger partial charge in [-0.3, -0.25) is 4.79 Å². The summed E-state index contributed by atoms with van der Waals surface area (Å²) in [5, 5.41) is 3.89. The van der Waals surface area contributed by atoms with Gasteiger partial charge in [0.25, 0.3) is 5.91 Å². The van der Waals surface area contributed by atoms with E-state index in [1.165, 1.54) is 0 Å². The van der Waals surface area contributed by atoms with Gasteiger partial charge in [-0.15, -0.1) is 0 Å². The zero-order valence-electron chi connectivity index (χ0n) is 13.2. The predicted molar refractivity (Wildman–Crippen MR) is 90.7 cm³/mol. The number of halogens is 1. The largest absolute Gasteiger partial charge is 0.352 e. The van der Waals surface area contributed by atoms with Crippen LogP contribution in [0.1, 0.15) is 35.3 Å². The first kappa shape index (κ1) is 15.7. The molecule has 0 spiro atoms. The van der Waals surface area contributed by atoms with Gasteiger partial charge in [0.15, 0.2) is 0 Å². The molecule has 1 N–H and O–H groups in total. The molecule has 2 aromatic rings. The molecule has 3 rings (SSSR count). The number of nitrogens with zero attached hydrogens (tertiary/aromatic N) is 3. The molecule has 1 aliphatic heterocycles. The normalized spacial score (nSPS) is 13.8. The minimum Gasteiger partial charge on any atom is -0.352 e. The molecule has 0 atom stereocenters. The lowest BCUT2D eigenvalue weighted by molar-refractivity contribution is 0.0734. The van der Waals surface area contributed by atoms with Gasteiger partial charge in [0.05, 0.1) is 5.56 Å². The Bertz CT molecular complexity index is 715. The van der Waals surface area contributed by atoms with Gasteiger partial charge in [-0.05, 0) is 37.5 Å². The van der Waals surface area contributed by atoms with Gasteiger partial charge < -0.3 is 10.2 Å². The molecule has 0 bridgehead atoms. The molecular formula is C17H19ClN4O. The van der Waals surface area contributed by atoms with E-state index in [9.17, 15) is 4.79 Å². The fourth-order valence-corrected chi connectivity index (χ4v) is 2.98. The van der Waals surface area contributed by atoms with E-state index in [0.717, 1.165) is 22.6 Å². The summed E-state index contributed by atoms with van der Waals surface area (Å²) in [6.07, 6.45) is 3.93. The third-order valence-electron chi connectivity index (χ3n) is 3.81. The number of anilines is 1. The highest BCUT2D eigenvalue weighted by Gasteiger charge is 2.23. The van der Waals surface area contributed by atoms with Crippen molar-refractivity contribution in [3.63, 3.8) is 0 Å². The van der Waals surface area contributed by atoms with Crippen molar-refractivity contribution >= 4 is 23.5 Å². The van der Waals surface area contributed by atoms with E-state index in [2.05, 4.69) is 15.3 Å². The Morgan fingerprint density at radius 1 is 1.30 bits per heavy atom. The van der Waals surface area contributed by atoms with Crippen molar-refractivity contribution in [2.45, 2.75) is 32.9 Å². The monoisotopic (exact) mass is 330 g/mol. The lowest BCUT2D eigenvalue weighted by atomic mass is 9.99. The first-order valence-electron chi connectivity index (χ1n) is 7.68. The lowest BCUT2D eigenvalue weighted by Crippen LogP contribution is -2.36. The summed E-state index contributed by atoms with van der Waals surface area (Å²) in [7, 11) is 0. The lowest BCUT2D eigenvalue weighted by Gasteiger charge is -2.29. The van der Waals surface area contributed by atoms with Gasteiger partial charge in [0.2, 0.25) is 5.95 Å². The second kappa shape index (κ2) is 6.54. The molecule has 2 heterocycles. The molecule has 0 radical (unpaired) electrons. The first-order valence-corrected chi connectivity index (χ1v) is 8.06. The molecule has 0 unspecified atom stereocenters. The summed E-state index contributed by atoms with van der Waals surface area (Å²) in [6, 6.07) is 6.09. The van der Waals surface area contributed by atoms with Crippen LogP contribution >= 0.6 is 11.6 Å². The topological polar surface area (TPSA) is 58.1 Å². The summed E-state index contributed by atoms with van der Waals surface area (Å²) in [4.78, 5) is 22.8. The third kappa shape index (κ3) is 3.45. The SMILES string of the molecule is CC(C)Nc1ncc(C(=O)N2CCc3c(Cl)cccc3C2)cn1. The summed E-state index contributed by atoms with van der Waals surface area (Å²) in [6.45, 7) is 5.25. The number of nitrogens with one attached hydrogen (secondary N) is 1. The smallest absolute Gasteiger partial charge is 0.257 e. The molecular weight excluding hydrogens is 312 g/mol. The van der Waals surface area contributed by atoms with E-state index >= 15 is 0 Å². The van der Waals surface area contributed by atoms with Gasteiger partial charge in [0.1, 0.15) is 0 Å². The molecule has 120 valence electrons. The zero-order chi connectivity index (χ0) is 16.4. The molecule has 0 fully saturated rings. The maximum atomic E-state index is 12.6. The average Bonchev–Trinajstić information content (AvgIpc) is 2.54. The number of carbonyl (C=O) groups excluding carboxylic acids is 1. The van der Waals surface area contributed by atoms with Crippen molar-refractivity contribution in [2.24, 2.45) is 0 Å². The molecule has 1 aromatic carbocycles. The highest BCUT2D eigenvalue weighted by Crippen LogP contribution is 2.26. The molecule has 23 heavy (non-hydrogen) atoms. The van der Waals surface area contributed by atoms with Crippen LogP contribution in [0.2, 0.25) is 5.02 Å². The standard InChI is InChI=1S/C17H19ClN4O/c1-11(2)21-17-19-8-13(9-20-17)16(23)22-7-6-14-12(10-22)4-3-5-15(14)18/h3-5,8-9,11H,6-7,10H2,1-2H3,(H,19,20,21). The van der Waals surface area contributed by atoms with Crippen LogP contribution in [0.3, 0.4) is 0 Å². The van der Waals surface area contributed by atoms with Crippen LogP contribution in [-0.2, 0) is 13.0 Å². The number of aromatic nitrogens is 2. The van der Waals surface area contributed by atoms with Crippen LogP contribution in [0.4, 0.5) is 5.95 Å². The molecule has 0 saturated heterocycles. The van der Waals surface area contributed by atoms with Crippen LogP contribution in [-0.4, -0.2) is 33.4 Å². The van der Waals surface area contributed by atoms with Crippen LogP contribution < -0.4 is 5.32 Å². The zero-order valence-corrected chi connectivity index (χ0v) is 14.0. The van der Waals surface area contributed by atoms with Crippen molar-refractivity contribution in [3.8, 4) is 0 Å². The Kier molecular flexibility index (Phi) is 4.48. The summed E-state index contributed by atoms with van der Waals surface area (Å²) < 4.78 is 0. The number of amides is 1. The second-order valence-corrected chi connectivity index (χ2v) is 6.36. The number of rotatable bonds is 3. The van der Waals surface area contributed by atoms with E-state index in [-0.39, 0.29) is 11.9 Å². The quantitative estimate of drug-likeness (QED) is 0.939. The van der Waals surface area contributed by atoms with Crippen LogP contribution in [0.25, 0.3) is 0 Å². The minimum absolute atomic E-state index is 0.0493. The maximum absolute atomic E-state index is 12.6. The number of carbonyl (C=O) groups is 1. The van der Waals surface area contributed by atoms with E-state index in [1.54, 1.807) is 12.4 Å². The van der Waals surface area contributed by atoms with E-state index in [4.69, 9.17) is 11.6 Å². The predicted octanol–water partition coefficient (Wildman–Crippen LogP) is 3.15. The van der Waals surface area contributed by atoms with Crippen molar-refractivity contribution in [1.82, 2.24) is 14.9 Å². The number of benzene rings is 1.